The molecule has 0 fully saturated rings. The lowest BCUT2D eigenvalue weighted by Gasteiger charge is -2.10. The Balaban J connectivity index is 2.25. The maximum atomic E-state index is 12.2. The van der Waals surface area contributed by atoms with Crippen LogP contribution in [0.15, 0.2) is 36.4 Å². The standard InChI is InChI=1S/C17H18O3/c1-11-5-8-15(16(9-11)19-4)20-17(18)14-7-6-12(2)13(3)10-14/h5-10H,1-4H3. The van der Waals surface area contributed by atoms with Gasteiger partial charge in [-0.1, -0.05) is 12.1 Å². The summed E-state index contributed by atoms with van der Waals surface area (Å²) in [5, 5.41) is 0. The van der Waals surface area contributed by atoms with E-state index >= 15 is 0 Å². The van der Waals surface area contributed by atoms with Gasteiger partial charge in [-0.2, -0.15) is 0 Å². The lowest BCUT2D eigenvalue weighted by atomic mass is 10.1. The molecule has 2 rings (SSSR count). The van der Waals surface area contributed by atoms with Crippen molar-refractivity contribution in [1.29, 1.82) is 0 Å². The summed E-state index contributed by atoms with van der Waals surface area (Å²) in [5.41, 5.74) is 3.80. The van der Waals surface area contributed by atoms with Crippen LogP contribution in [0.3, 0.4) is 0 Å². The molecule has 2 aromatic rings. The summed E-state index contributed by atoms with van der Waals surface area (Å²) in [6.45, 7) is 5.93. The van der Waals surface area contributed by atoms with Gasteiger partial charge in [0, 0.05) is 0 Å². The van der Waals surface area contributed by atoms with E-state index in [4.69, 9.17) is 9.47 Å². The summed E-state index contributed by atoms with van der Waals surface area (Å²) < 4.78 is 10.6. The monoisotopic (exact) mass is 270 g/mol. The van der Waals surface area contributed by atoms with Gasteiger partial charge < -0.3 is 9.47 Å². The maximum absolute atomic E-state index is 12.2. The second-order valence-corrected chi connectivity index (χ2v) is 4.84. The molecule has 0 heterocycles. The van der Waals surface area contributed by atoms with E-state index in [9.17, 15) is 4.79 Å². The molecule has 20 heavy (non-hydrogen) atoms. The fourth-order valence-corrected chi connectivity index (χ4v) is 1.89. The number of esters is 1. The molecule has 0 unspecified atom stereocenters. The molecule has 0 spiro atoms. The molecule has 0 aliphatic rings. The van der Waals surface area contributed by atoms with Crippen LogP contribution in [0.4, 0.5) is 0 Å². The van der Waals surface area contributed by atoms with Gasteiger partial charge in [-0.15, -0.1) is 0 Å². The predicted octanol–water partition coefficient (Wildman–Crippen LogP) is 3.84. The molecular formula is C17H18O3. The van der Waals surface area contributed by atoms with E-state index in [0.29, 0.717) is 17.1 Å². The third-order valence-electron chi connectivity index (χ3n) is 3.26. The van der Waals surface area contributed by atoms with E-state index in [0.717, 1.165) is 16.7 Å². The normalized spacial score (nSPS) is 10.2. The zero-order chi connectivity index (χ0) is 14.7. The molecule has 0 saturated carbocycles. The fraction of sp³-hybridized carbons (Fsp3) is 0.235. The zero-order valence-electron chi connectivity index (χ0n) is 12.2. The van der Waals surface area contributed by atoms with Gasteiger partial charge in [0.05, 0.1) is 12.7 Å². The average Bonchev–Trinajstić information content (AvgIpc) is 2.43. The van der Waals surface area contributed by atoms with Gasteiger partial charge in [-0.3, -0.25) is 0 Å². The summed E-state index contributed by atoms with van der Waals surface area (Å²) in [5.74, 6) is 0.610. The van der Waals surface area contributed by atoms with Gasteiger partial charge >= 0.3 is 5.97 Å². The summed E-state index contributed by atoms with van der Waals surface area (Å²) in [6, 6.07) is 11.0. The zero-order valence-corrected chi connectivity index (χ0v) is 12.2. The number of hydrogen-bond donors (Lipinski definition) is 0. The number of hydrogen-bond acceptors (Lipinski definition) is 3. The van der Waals surface area contributed by atoms with E-state index < -0.39 is 0 Å². The highest BCUT2D eigenvalue weighted by Crippen LogP contribution is 2.28. The van der Waals surface area contributed by atoms with Crippen molar-refractivity contribution in [3.63, 3.8) is 0 Å². The first kappa shape index (κ1) is 14.1. The molecule has 0 radical (unpaired) electrons. The Bertz CT molecular complexity index is 645. The highest BCUT2D eigenvalue weighted by molar-refractivity contribution is 5.91. The number of benzene rings is 2. The largest absolute Gasteiger partial charge is 0.493 e. The number of ether oxygens (including phenoxy) is 2. The molecule has 3 heteroatoms. The second-order valence-electron chi connectivity index (χ2n) is 4.84. The first-order chi connectivity index (χ1) is 9.51. The van der Waals surface area contributed by atoms with Crippen LogP contribution in [0.2, 0.25) is 0 Å². The smallest absolute Gasteiger partial charge is 0.343 e. The lowest BCUT2D eigenvalue weighted by Crippen LogP contribution is -2.09. The molecule has 0 aromatic heterocycles. The first-order valence-electron chi connectivity index (χ1n) is 6.45. The molecule has 0 N–H and O–H groups in total. The van der Waals surface area contributed by atoms with Gasteiger partial charge in [0.2, 0.25) is 0 Å². The summed E-state index contributed by atoms with van der Waals surface area (Å²) >= 11 is 0. The topological polar surface area (TPSA) is 35.5 Å². The molecule has 104 valence electrons. The molecule has 0 atom stereocenters. The van der Waals surface area contributed by atoms with E-state index in [1.807, 2.05) is 45.0 Å². The minimum absolute atomic E-state index is 0.379. The van der Waals surface area contributed by atoms with Crippen LogP contribution >= 0.6 is 0 Å². The van der Waals surface area contributed by atoms with Crippen LogP contribution in [0.1, 0.15) is 27.0 Å². The van der Waals surface area contributed by atoms with Gasteiger partial charge in [0.1, 0.15) is 0 Å². The van der Waals surface area contributed by atoms with Crippen molar-refractivity contribution < 1.29 is 14.3 Å². The number of methoxy groups -OCH3 is 1. The Morgan fingerprint density at radius 1 is 0.900 bits per heavy atom. The Hall–Kier alpha value is -2.29. The van der Waals surface area contributed by atoms with Crippen LogP contribution in [0.25, 0.3) is 0 Å². The molecule has 0 aliphatic carbocycles. The van der Waals surface area contributed by atoms with E-state index in [1.165, 1.54) is 0 Å². The summed E-state index contributed by atoms with van der Waals surface area (Å²) in [4.78, 5) is 12.2. The average molecular weight is 270 g/mol. The third kappa shape index (κ3) is 2.99. The van der Waals surface area contributed by atoms with Crippen molar-refractivity contribution in [3.05, 3.63) is 58.7 Å². The van der Waals surface area contributed by atoms with Crippen LogP contribution in [-0.4, -0.2) is 13.1 Å². The summed E-state index contributed by atoms with van der Waals surface area (Å²) in [6.07, 6.45) is 0. The van der Waals surface area contributed by atoms with Crippen molar-refractivity contribution >= 4 is 5.97 Å². The molecule has 0 bridgehead atoms. The molecular weight excluding hydrogens is 252 g/mol. The van der Waals surface area contributed by atoms with Crippen molar-refractivity contribution in [2.75, 3.05) is 7.11 Å². The molecule has 0 saturated heterocycles. The SMILES string of the molecule is COc1cc(C)ccc1OC(=O)c1ccc(C)c(C)c1. The molecule has 3 nitrogen and oxygen atoms in total. The molecule has 0 amide bonds. The number of rotatable bonds is 3. The first-order valence-corrected chi connectivity index (χ1v) is 6.45. The Morgan fingerprint density at radius 3 is 2.30 bits per heavy atom. The molecule has 0 aliphatic heterocycles. The van der Waals surface area contributed by atoms with Crippen LogP contribution in [-0.2, 0) is 0 Å². The second kappa shape index (κ2) is 5.78. The van der Waals surface area contributed by atoms with Gasteiger partial charge in [-0.25, -0.2) is 4.79 Å². The van der Waals surface area contributed by atoms with Crippen LogP contribution in [0, 0.1) is 20.8 Å². The number of carbonyl (C=O) groups excluding carboxylic acids is 1. The fourth-order valence-electron chi connectivity index (χ4n) is 1.89. The highest BCUT2D eigenvalue weighted by Gasteiger charge is 2.13. The van der Waals surface area contributed by atoms with Gasteiger partial charge in [-0.05, 0) is 61.7 Å². The van der Waals surface area contributed by atoms with E-state index in [1.54, 1.807) is 19.2 Å². The van der Waals surface area contributed by atoms with E-state index in [2.05, 4.69) is 0 Å². The van der Waals surface area contributed by atoms with Crippen LogP contribution < -0.4 is 9.47 Å². The van der Waals surface area contributed by atoms with Gasteiger partial charge in [0.15, 0.2) is 11.5 Å². The van der Waals surface area contributed by atoms with Crippen molar-refractivity contribution in [2.24, 2.45) is 0 Å². The van der Waals surface area contributed by atoms with Crippen molar-refractivity contribution in [2.45, 2.75) is 20.8 Å². The Labute approximate surface area is 119 Å². The quantitative estimate of drug-likeness (QED) is 0.628. The van der Waals surface area contributed by atoms with E-state index in [-0.39, 0.29) is 5.97 Å². The van der Waals surface area contributed by atoms with Crippen molar-refractivity contribution in [3.8, 4) is 11.5 Å². The minimum Gasteiger partial charge on any atom is -0.493 e. The minimum atomic E-state index is -0.379. The van der Waals surface area contributed by atoms with Crippen LogP contribution in [0.5, 0.6) is 11.5 Å². The van der Waals surface area contributed by atoms with Crippen molar-refractivity contribution in [1.82, 2.24) is 0 Å². The molecule has 2 aromatic carbocycles. The number of carbonyl (C=O) groups is 1. The maximum Gasteiger partial charge on any atom is 0.343 e. The highest BCUT2D eigenvalue weighted by atomic mass is 16.6. The predicted molar refractivity (Wildman–Crippen MR) is 78.6 cm³/mol. The Kier molecular flexibility index (Phi) is 4.08. The third-order valence-corrected chi connectivity index (χ3v) is 3.26. The Morgan fingerprint density at radius 2 is 1.65 bits per heavy atom. The summed E-state index contributed by atoms with van der Waals surface area (Å²) in [7, 11) is 1.56. The van der Waals surface area contributed by atoms with Gasteiger partial charge in [0.25, 0.3) is 0 Å². The number of aryl methyl sites for hydroxylation is 3. The lowest BCUT2D eigenvalue weighted by molar-refractivity contribution is 0.0729.